The number of hydrogen-bond donors (Lipinski definition) is 1. The molecule has 2 aliphatic rings. The molecule has 3 rings (SSSR count). The Bertz CT molecular complexity index is 707. The molecule has 0 radical (unpaired) electrons. The number of guanidine groups is 1. The monoisotopic (exact) mass is 550 g/mol. The minimum Gasteiger partial charge on any atom is -0.469 e. The fourth-order valence-corrected chi connectivity index (χ4v) is 4.35. The van der Waals surface area contributed by atoms with E-state index < -0.39 is 0 Å². The third-order valence-corrected chi connectivity index (χ3v) is 6.09. The summed E-state index contributed by atoms with van der Waals surface area (Å²) in [5.74, 6) is 0.732. The normalized spacial score (nSPS) is 19.7. The maximum Gasteiger partial charge on any atom is 0.308 e. The first kappa shape index (κ1) is 25.2. The average Bonchev–Trinajstić information content (AvgIpc) is 2.78. The van der Waals surface area contributed by atoms with Crippen molar-refractivity contribution in [1.29, 1.82) is 0 Å². The highest BCUT2D eigenvalue weighted by atomic mass is 127. The van der Waals surface area contributed by atoms with E-state index in [2.05, 4.69) is 26.2 Å². The fourth-order valence-electron chi connectivity index (χ4n) is 4.08. The Morgan fingerprint density at radius 2 is 1.93 bits per heavy atom. The molecule has 1 N–H and O–H groups in total. The molecule has 1 aromatic rings. The van der Waals surface area contributed by atoms with Gasteiger partial charge in [0.2, 0.25) is 0 Å². The number of rotatable bonds is 5. The first-order chi connectivity index (χ1) is 14.1. The number of morpholine rings is 1. The largest absolute Gasteiger partial charge is 0.469 e. The summed E-state index contributed by atoms with van der Waals surface area (Å²) in [6.45, 7) is 5.49. The third-order valence-electron chi connectivity index (χ3n) is 5.75. The maximum atomic E-state index is 11.8. The highest BCUT2D eigenvalue weighted by Gasteiger charge is 2.28. The Balaban J connectivity index is 0.00000320. The number of aliphatic imine (C=N–C) groups is 1. The number of ether oxygens (including phenoxy) is 2. The van der Waals surface area contributed by atoms with Crippen LogP contribution in [0.15, 0.2) is 29.3 Å². The number of piperidine rings is 1. The summed E-state index contributed by atoms with van der Waals surface area (Å²) >= 11 is 6.53. The van der Waals surface area contributed by atoms with E-state index in [1.165, 1.54) is 7.11 Å². The van der Waals surface area contributed by atoms with Gasteiger partial charge in [0.1, 0.15) is 0 Å². The van der Waals surface area contributed by atoms with Crippen molar-refractivity contribution in [1.82, 2.24) is 15.1 Å². The summed E-state index contributed by atoms with van der Waals surface area (Å²) in [5, 5.41) is 4.32. The van der Waals surface area contributed by atoms with Crippen molar-refractivity contribution in [2.45, 2.75) is 18.9 Å². The lowest BCUT2D eigenvalue weighted by Crippen LogP contribution is -2.50. The second-order valence-electron chi connectivity index (χ2n) is 7.40. The lowest BCUT2D eigenvalue weighted by molar-refractivity contribution is -0.146. The summed E-state index contributed by atoms with van der Waals surface area (Å²) in [4.78, 5) is 20.9. The molecule has 1 aromatic carbocycles. The van der Waals surface area contributed by atoms with Gasteiger partial charge in [-0.15, -0.1) is 24.0 Å². The predicted molar refractivity (Wildman–Crippen MR) is 130 cm³/mol. The molecule has 2 fully saturated rings. The molecule has 30 heavy (non-hydrogen) atoms. The summed E-state index contributed by atoms with van der Waals surface area (Å²) in [7, 11) is 3.25. The summed E-state index contributed by atoms with van der Waals surface area (Å²) in [6, 6.07) is 8.16. The molecule has 1 unspecified atom stereocenters. The zero-order valence-electron chi connectivity index (χ0n) is 17.7. The molecule has 0 aliphatic carbocycles. The minimum atomic E-state index is -0.112. The van der Waals surface area contributed by atoms with E-state index in [9.17, 15) is 4.79 Å². The topological polar surface area (TPSA) is 66.4 Å². The highest BCUT2D eigenvalue weighted by Crippen LogP contribution is 2.28. The molecule has 0 spiro atoms. The summed E-state index contributed by atoms with van der Waals surface area (Å²) in [6.07, 6.45) is 1.57. The number of benzene rings is 1. The molecule has 0 bridgehead atoms. The number of nitrogens with one attached hydrogen (secondary N) is 1. The van der Waals surface area contributed by atoms with Gasteiger partial charge in [0, 0.05) is 44.8 Å². The van der Waals surface area contributed by atoms with Gasteiger partial charge in [-0.3, -0.25) is 14.7 Å². The molecule has 2 aliphatic heterocycles. The van der Waals surface area contributed by atoms with Crippen molar-refractivity contribution in [3.8, 4) is 0 Å². The second-order valence-corrected chi connectivity index (χ2v) is 7.81. The van der Waals surface area contributed by atoms with Crippen molar-refractivity contribution < 1.29 is 14.3 Å². The van der Waals surface area contributed by atoms with Crippen LogP contribution in [0.25, 0.3) is 0 Å². The van der Waals surface area contributed by atoms with E-state index in [-0.39, 0.29) is 41.9 Å². The lowest BCUT2D eigenvalue weighted by Gasteiger charge is -2.37. The van der Waals surface area contributed by atoms with E-state index in [0.717, 1.165) is 68.8 Å². The van der Waals surface area contributed by atoms with Gasteiger partial charge in [0.15, 0.2) is 5.96 Å². The molecule has 0 aromatic heterocycles. The minimum absolute atomic E-state index is 0. The third kappa shape index (κ3) is 6.45. The SMILES string of the molecule is CN=C(NCC(c1ccccc1Cl)N1CCOCC1)N1CCC(C(=O)OC)CC1.I. The van der Waals surface area contributed by atoms with Gasteiger partial charge in [-0.05, 0) is 24.5 Å². The second kappa shape index (κ2) is 12.7. The number of carbonyl (C=O) groups excluding carboxylic acids is 1. The standard InChI is InChI=1S/C21H31ClN4O3.HI/c1-23-21(26-9-7-16(8-10-26)20(27)28-2)24-15-19(25-11-13-29-14-12-25)17-5-3-4-6-18(17)22;/h3-6,16,19H,7-15H2,1-2H3,(H,23,24);1H. The van der Waals surface area contributed by atoms with Gasteiger partial charge in [-0.1, -0.05) is 29.8 Å². The molecule has 7 nitrogen and oxygen atoms in total. The number of esters is 1. The molecule has 0 saturated carbocycles. The number of likely N-dealkylation sites (tertiary alicyclic amines) is 1. The van der Waals surface area contributed by atoms with E-state index in [1.807, 2.05) is 18.2 Å². The molecule has 9 heteroatoms. The van der Waals surface area contributed by atoms with Crippen molar-refractivity contribution >= 4 is 47.5 Å². The van der Waals surface area contributed by atoms with Crippen LogP contribution in [0, 0.1) is 5.92 Å². The molecule has 2 saturated heterocycles. The van der Waals surface area contributed by atoms with Gasteiger partial charge < -0.3 is 19.7 Å². The first-order valence-electron chi connectivity index (χ1n) is 10.2. The summed E-state index contributed by atoms with van der Waals surface area (Å²) in [5.41, 5.74) is 1.11. The lowest BCUT2D eigenvalue weighted by atomic mass is 9.97. The molecule has 168 valence electrons. The van der Waals surface area contributed by atoms with Crippen molar-refractivity contribution in [2.75, 3.05) is 60.1 Å². The predicted octanol–water partition coefficient (Wildman–Crippen LogP) is 2.79. The van der Waals surface area contributed by atoms with Crippen LogP contribution >= 0.6 is 35.6 Å². The van der Waals surface area contributed by atoms with Crippen LogP contribution in [0.3, 0.4) is 0 Å². The number of halogens is 2. The molecular weight excluding hydrogens is 519 g/mol. The highest BCUT2D eigenvalue weighted by molar-refractivity contribution is 14.0. The van der Waals surface area contributed by atoms with Gasteiger partial charge in [-0.25, -0.2) is 0 Å². The number of nitrogens with zero attached hydrogens (tertiary/aromatic N) is 3. The number of methoxy groups -OCH3 is 1. The number of carbonyl (C=O) groups is 1. The van der Waals surface area contributed by atoms with Gasteiger partial charge >= 0.3 is 5.97 Å². The Morgan fingerprint density at radius 3 is 2.53 bits per heavy atom. The van der Waals surface area contributed by atoms with Crippen LogP contribution in [-0.2, 0) is 14.3 Å². The van der Waals surface area contributed by atoms with Gasteiger partial charge in [0.25, 0.3) is 0 Å². The number of hydrogen-bond acceptors (Lipinski definition) is 5. The van der Waals surface area contributed by atoms with Crippen LogP contribution in [-0.4, -0.2) is 81.8 Å². The maximum absolute atomic E-state index is 11.8. The van der Waals surface area contributed by atoms with E-state index in [0.29, 0.717) is 6.54 Å². The molecular formula is C21H32ClIN4O3. The molecule has 0 amide bonds. The van der Waals surface area contributed by atoms with Crippen LogP contribution in [0.5, 0.6) is 0 Å². The molecule has 1 atom stereocenters. The zero-order chi connectivity index (χ0) is 20.6. The van der Waals surface area contributed by atoms with Crippen LogP contribution in [0.2, 0.25) is 5.02 Å². The van der Waals surface area contributed by atoms with E-state index >= 15 is 0 Å². The average molecular weight is 551 g/mol. The van der Waals surface area contributed by atoms with Crippen molar-refractivity contribution in [3.05, 3.63) is 34.9 Å². The molecule has 2 heterocycles. The first-order valence-corrected chi connectivity index (χ1v) is 10.6. The van der Waals surface area contributed by atoms with Crippen LogP contribution in [0.4, 0.5) is 0 Å². The van der Waals surface area contributed by atoms with Gasteiger partial charge in [0.05, 0.1) is 32.3 Å². The zero-order valence-corrected chi connectivity index (χ0v) is 20.8. The van der Waals surface area contributed by atoms with Crippen LogP contribution in [0.1, 0.15) is 24.4 Å². The van der Waals surface area contributed by atoms with Crippen molar-refractivity contribution in [3.63, 3.8) is 0 Å². The van der Waals surface area contributed by atoms with Crippen molar-refractivity contribution in [2.24, 2.45) is 10.9 Å². The van der Waals surface area contributed by atoms with E-state index in [4.69, 9.17) is 21.1 Å². The van der Waals surface area contributed by atoms with E-state index in [1.54, 1.807) is 7.05 Å². The quantitative estimate of drug-likeness (QED) is 0.263. The smallest absolute Gasteiger partial charge is 0.308 e. The Morgan fingerprint density at radius 1 is 1.27 bits per heavy atom. The van der Waals surface area contributed by atoms with Gasteiger partial charge in [-0.2, -0.15) is 0 Å². The fraction of sp³-hybridized carbons (Fsp3) is 0.619. The Kier molecular flexibility index (Phi) is 10.6. The Labute approximate surface area is 201 Å². The summed E-state index contributed by atoms with van der Waals surface area (Å²) < 4.78 is 10.4. The van der Waals surface area contributed by atoms with Crippen LogP contribution < -0.4 is 5.32 Å². The Hall–Kier alpha value is -1.10.